The first-order chi connectivity index (χ1) is 11.2. The lowest BCUT2D eigenvalue weighted by Gasteiger charge is -2.04. The van der Waals surface area contributed by atoms with Crippen LogP contribution in [0.15, 0.2) is 64.6 Å². The predicted octanol–water partition coefficient (Wildman–Crippen LogP) is 4.74. The first-order valence-corrected chi connectivity index (χ1v) is 8.56. The second-order valence-corrected chi connectivity index (χ2v) is 6.56. The minimum absolute atomic E-state index is 0.171. The summed E-state index contributed by atoms with van der Waals surface area (Å²) in [5, 5.41) is 4.69. The molecular formula is C17H13BrN2O2S. The molecule has 4 nitrogen and oxygen atoms in total. The fourth-order valence-electron chi connectivity index (χ4n) is 1.88. The fraction of sp³-hybridized carbons (Fsp3) is 0.0588. The van der Waals surface area contributed by atoms with Crippen LogP contribution in [-0.4, -0.2) is 10.9 Å². The van der Waals surface area contributed by atoms with E-state index in [9.17, 15) is 4.79 Å². The van der Waals surface area contributed by atoms with Crippen LogP contribution >= 0.6 is 27.3 Å². The van der Waals surface area contributed by atoms with Crippen molar-refractivity contribution in [2.45, 2.75) is 6.61 Å². The highest BCUT2D eigenvalue weighted by atomic mass is 79.9. The van der Waals surface area contributed by atoms with Gasteiger partial charge in [-0.3, -0.25) is 4.79 Å². The Bertz CT molecular complexity index is 788. The van der Waals surface area contributed by atoms with Crippen molar-refractivity contribution in [3.8, 4) is 5.75 Å². The summed E-state index contributed by atoms with van der Waals surface area (Å²) in [6.45, 7) is 0.435. The number of carbonyl (C=O) groups excluding carboxylic acids is 1. The molecule has 2 heterocycles. The summed E-state index contributed by atoms with van der Waals surface area (Å²) in [5.74, 6) is 1.16. The summed E-state index contributed by atoms with van der Waals surface area (Å²) < 4.78 is 6.54. The third-order valence-electron chi connectivity index (χ3n) is 3.00. The number of benzene rings is 1. The highest BCUT2D eigenvalue weighted by Crippen LogP contribution is 2.19. The molecule has 0 spiro atoms. The normalized spacial score (nSPS) is 10.3. The van der Waals surface area contributed by atoms with Crippen LogP contribution in [0.5, 0.6) is 5.75 Å². The Morgan fingerprint density at radius 3 is 2.78 bits per heavy atom. The average molecular weight is 389 g/mol. The van der Waals surface area contributed by atoms with Gasteiger partial charge in [0.15, 0.2) is 0 Å². The van der Waals surface area contributed by atoms with Crippen LogP contribution in [0.25, 0.3) is 0 Å². The van der Waals surface area contributed by atoms with Gasteiger partial charge in [-0.05, 0) is 51.6 Å². The molecule has 23 heavy (non-hydrogen) atoms. The van der Waals surface area contributed by atoms with E-state index in [-0.39, 0.29) is 5.91 Å². The molecule has 0 saturated heterocycles. The van der Waals surface area contributed by atoms with Crippen molar-refractivity contribution in [3.63, 3.8) is 0 Å². The van der Waals surface area contributed by atoms with E-state index in [4.69, 9.17) is 4.74 Å². The molecule has 0 fully saturated rings. The Balaban J connectivity index is 1.59. The van der Waals surface area contributed by atoms with Crippen molar-refractivity contribution in [3.05, 3.63) is 75.0 Å². The Kier molecular flexibility index (Phi) is 5.05. The Labute approximate surface area is 146 Å². The van der Waals surface area contributed by atoms with Crippen molar-refractivity contribution >= 4 is 39.0 Å². The van der Waals surface area contributed by atoms with Crippen molar-refractivity contribution in [1.29, 1.82) is 0 Å². The number of para-hydroxylation sites is 1. The lowest BCUT2D eigenvalue weighted by atomic mass is 10.3. The number of amides is 1. The van der Waals surface area contributed by atoms with Crippen molar-refractivity contribution in [1.82, 2.24) is 4.98 Å². The van der Waals surface area contributed by atoms with Gasteiger partial charge < -0.3 is 10.1 Å². The molecule has 1 N–H and O–H groups in total. The number of ether oxygens (including phenoxy) is 1. The van der Waals surface area contributed by atoms with Crippen LogP contribution in [0.2, 0.25) is 0 Å². The number of nitrogens with one attached hydrogen (secondary N) is 1. The number of anilines is 1. The minimum atomic E-state index is -0.171. The first-order valence-electron chi connectivity index (χ1n) is 6.89. The van der Waals surface area contributed by atoms with Gasteiger partial charge in [0, 0.05) is 16.2 Å². The fourth-order valence-corrected chi connectivity index (χ4v) is 2.91. The van der Waals surface area contributed by atoms with Gasteiger partial charge in [0.1, 0.15) is 18.2 Å². The van der Waals surface area contributed by atoms with Gasteiger partial charge in [-0.15, -0.1) is 11.3 Å². The zero-order valence-electron chi connectivity index (χ0n) is 12.0. The van der Waals surface area contributed by atoms with Gasteiger partial charge in [-0.25, -0.2) is 4.98 Å². The van der Waals surface area contributed by atoms with E-state index in [1.54, 1.807) is 12.3 Å². The maximum atomic E-state index is 12.2. The SMILES string of the molecule is O=C(Nc1ccc(Br)cn1)c1cc(COc2ccccc2)cs1. The monoisotopic (exact) mass is 388 g/mol. The molecule has 116 valence electrons. The van der Waals surface area contributed by atoms with Crippen LogP contribution in [0.1, 0.15) is 15.2 Å². The van der Waals surface area contributed by atoms with Crippen LogP contribution in [0.3, 0.4) is 0 Å². The van der Waals surface area contributed by atoms with E-state index in [1.165, 1.54) is 11.3 Å². The minimum Gasteiger partial charge on any atom is -0.489 e. The van der Waals surface area contributed by atoms with Crippen molar-refractivity contribution < 1.29 is 9.53 Å². The van der Waals surface area contributed by atoms with Gasteiger partial charge in [-0.2, -0.15) is 0 Å². The Morgan fingerprint density at radius 1 is 1.22 bits per heavy atom. The van der Waals surface area contributed by atoms with Gasteiger partial charge >= 0.3 is 0 Å². The second-order valence-electron chi connectivity index (χ2n) is 4.74. The first kappa shape index (κ1) is 15.7. The lowest BCUT2D eigenvalue weighted by Crippen LogP contribution is -2.11. The summed E-state index contributed by atoms with van der Waals surface area (Å²) in [7, 11) is 0. The van der Waals surface area contributed by atoms with E-state index >= 15 is 0 Å². The molecule has 0 aliphatic heterocycles. The van der Waals surface area contributed by atoms with Crippen LogP contribution in [0.4, 0.5) is 5.82 Å². The summed E-state index contributed by atoms with van der Waals surface area (Å²) in [4.78, 5) is 16.9. The standard InChI is InChI=1S/C17H13BrN2O2S/c18-13-6-7-16(19-9-13)20-17(21)15-8-12(11-23-15)10-22-14-4-2-1-3-5-14/h1-9,11H,10H2,(H,19,20,21). The highest BCUT2D eigenvalue weighted by molar-refractivity contribution is 9.10. The molecule has 2 aromatic heterocycles. The molecule has 1 aromatic carbocycles. The number of rotatable bonds is 5. The summed E-state index contributed by atoms with van der Waals surface area (Å²) in [5.41, 5.74) is 0.966. The molecule has 0 radical (unpaired) electrons. The zero-order chi connectivity index (χ0) is 16.1. The molecule has 0 bridgehead atoms. The number of pyridine rings is 1. The molecule has 0 aliphatic rings. The number of nitrogens with zero attached hydrogens (tertiary/aromatic N) is 1. The number of hydrogen-bond acceptors (Lipinski definition) is 4. The van der Waals surface area contributed by atoms with E-state index < -0.39 is 0 Å². The molecular weight excluding hydrogens is 376 g/mol. The highest BCUT2D eigenvalue weighted by Gasteiger charge is 2.10. The molecule has 6 heteroatoms. The third kappa shape index (κ3) is 4.40. The summed E-state index contributed by atoms with van der Waals surface area (Å²) >= 11 is 4.70. The van der Waals surface area contributed by atoms with Crippen molar-refractivity contribution in [2.75, 3.05) is 5.32 Å². The lowest BCUT2D eigenvalue weighted by molar-refractivity contribution is 0.103. The topological polar surface area (TPSA) is 51.2 Å². The Hall–Kier alpha value is -2.18. The van der Waals surface area contributed by atoms with Gasteiger partial charge in [0.25, 0.3) is 5.91 Å². The average Bonchev–Trinajstić information content (AvgIpc) is 3.05. The second kappa shape index (κ2) is 7.39. The van der Waals surface area contributed by atoms with Gasteiger partial charge in [-0.1, -0.05) is 18.2 Å². The molecule has 0 aliphatic carbocycles. The van der Waals surface area contributed by atoms with E-state index in [0.29, 0.717) is 17.3 Å². The smallest absolute Gasteiger partial charge is 0.266 e. The van der Waals surface area contributed by atoms with Crippen LogP contribution in [0, 0.1) is 0 Å². The Morgan fingerprint density at radius 2 is 2.04 bits per heavy atom. The molecule has 0 unspecified atom stereocenters. The predicted molar refractivity (Wildman–Crippen MR) is 95.0 cm³/mol. The summed E-state index contributed by atoms with van der Waals surface area (Å²) in [6.07, 6.45) is 1.64. The zero-order valence-corrected chi connectivity index (χ0v) is 14.4. The number of aromatic nitrogens is 1. The van der Waals surface area contributed by atoms with Crippen molar-refractivity contribution in [2.24, 2.45) is 0 Å². The van der Waals surface area contributed by atoms with Gasteiger partial charge in [0.05, 0.1) is 4.88 Å². The molecule has 0 saturated carbocycles. The maximum Gasteiger partial charge on any atom is 0.266 e. The quantitative estimate of drug-likeness (QED) is 0.686. The summed E-state index contributed by atoms with van der Waals surface area (Å²) in [6, 6.07) is 15.0. The van der Waals surface area contributed by atoms with E-state index in [2.05, 4.69) is 26.2 Å². The molecule has 3 aromatic rings. The maximum absolute atomic E-state index is 12.2. The molecule has 3 rings (SSSR count). The molecule has 0 atom stereocenters. The number of carbonyl (C=O) groups is 1. The third-order valence-corrected chi connectivity index (χ3v) is 4.44. The number of hydrogen-bond donors (Lipinski definition) is 1. The van der Waals surface area contributed by atoms with Gasteiger partial charge in [0.2, 0.25) is 0 Å². The molecule has 1 amide bonds. The van der Waals surface area contributed by atoms with E-state index in [1.807, 2.05) is 47.8 Å². The van der Waals surface area contributed by atoms with Crippen LogP contribution < -0.4 is 10.1 Å². The number of thiophene rings is 1. The van der Waals surface area contributed by atoms with Crippen LogP contribution in [-0.2, 0) is 6.61 Å². The van der Waals surface area contributed by atoms with E-state index in [0.717, 1.165) is 15.8 Å². The largest absolute Gasteiger partial charge is 0.489 e. The number of halogens is 1.